The third kappa shape index (κ3) is 3.30. The fourth-order valence-electron chi connectivity index (χ4n) is 1.20. The van der Waals surface area contributed by atoms with Crippen LogP contribution in [0.4, 0.5) is 5.69 Å². The molecule has 0 atom stereocenters. The van der Waals surface area contributed by atoms with E-state index in [-0.39, 0.29) is 16.1 Å². The number of rotatable bonds is 2. The van der Waals surface area contributed by atoms with Crippen LogP contribution in [-0.4, -0.2) is 19.6 Å². The lowest BCUT2D eigenvalue weighted by molar-refractivity contribution is -0.385. The maximum Gasteiger partial charge on any atom is 0.273 e. The summed E-state index contributed by atoms with van der Waals surface area (Å²) >= 11 is 0. The van der Waals surface area contributed by atoms with Crippen LogP contribution < -0.4 is 0 Å². The van der Waals surface area contributed by atoms with Gasteiger partial charge in [-0.15, -0.1) is 0 Å². The maximum absolute atomic E-state index is 11.2. The summed E-state index contributed by atoms with van der Waals surface area (Å²) in [5, 5.41) is 10.5. The van der Waals surface area contributed by atoms with E-state index in [0.717, 1.165) is 6.26 Å². The van der Waals surface area contributed by atoms with E-state index in [1.54, 1.807) is 0 Å². The van der Waals surface area contributed by atoms with Crippen LogP contribution in [0.1, 0.15) is 19.4 Å². The lowest BCUT2D eigenvalue weighted by atomic mass is 10.2. The van der Waals surface area contributed by atoms with Gasteiger partial charge in [0.05, 0.1) is 9.82 Å². The van der Waals surface area contributed by atoms with Gasteiger partial charge in [0.1, 0.15) is 0 Å². The van der Waals surface area contributed by atoms with Crippen molar-refractivity contribution in [2.45, 2.75) is 25.7 Å². The molecule has 0 amide bonds. The zero-order valence-electron chi connectivity index (χ0n) is 9.72. The van der Waals surface area contributed by atoms with Crippen molar-refractivity contribution in [1.29, 1.82) is 0 Å². The van der Waals surface area contributed by atoms with Crippen molar-refractivity contribution in [1.82, 2.24) is 0 Å². The van der Waals surface area contributed by atoms with Crippen LogP contribution in [-0.2, 0) is 9.84 Å². The van der Waals surface area contributed by atoms with Crippen molar-refractivity contribution in [3.8, 4) is 0 Å². The van der Waals surface area contributed by atoms with E-state index >= 15 is 0 Å². The summed E-state index contributed by atoms with van der Waals surface area (Å²) < 4.78 is 22.4. The van der Waals surface area contributed by atoms with Crippen LogP contribution in [0.25, 0.3) is 0 Å². The minimum Gasteiger partial charge on any atom is -0.258 e. The third-order valence-electron chi connectivity index (χ3n) is 1.85. The number of benzene rings is 1. The molecular formula is C10H15NO4S. The van der Waals surface area contributed by atoms with E-state index in [2.05, 4.69) is 0 Å². The molecule has 0 saturated heterocycles. The maximum atomic E-state index is 11.2. The standard InChI is InChI=1S/C8H9NO4S.C2H6/c1-6-7(9(10)11)4-3-5-8(6)14(2,12)13;1-2/h3-5H,1-2H3;1-2H3. The highest BCUT2D eigenvalue weighted by molar-refractivity contribution is 7.90. The molecule has 90 valence electrons. The highest BCUT2D eigenvalue weighted by atomic mass is 32.2. The molecule has 1 aromatic carbocycles. The molecule has 0 aromatic heterocycles. The summed E-state index contributed by atoms with van der Waals surface area (Å²) in [6.07, 6.45) is 1.03. The minimum atomic E-state index is -3.39. The molecule has 16 heavy (non-hydrogen) atoms. The van der Waals surface area contributed by atoms with Crippen LogP contribution in [0.3, 0.4) is 0 Å². The predicted molar refractivity (Wildman–Crippen MR) is 62.3 cm³/mol. The zero-order chi connectivity index (χ0) is 12.9. The van der Waals surface area contributed by atoms with Gasteiger partial charge in [0.25, 0.3) is 5.69 Å². The molecule has 0 N–H and O–H groups in total. The van der Waals surface area contributed by atoms with Crippen LogP contribution in [0.2, 0.25) is 0 Å². The van der Waals surface area contributed by atoms with Crippen LogP contribution in [0.5, 0.6) is 0 Å². The molecular weight excluding hydrogens is 230 g/mol. The Labute approximate surface area is 95.2 Å². The van der Waals surface area contributed by atoms with E-state index < -0.39 is 14.8 Å². The molecule has 6 heteroatoms. The SMILES string of the molecule is CC.Cc1c([N+](=O)[O-])cccc1S(C)(=O)=O. The highest BCUT2D eigenvalue weighted by Crippen LogP contribution is 2.24. The second-order valence-electron chi connectivity index (χ2n) is 2.93. The molecule has 0 heterocycles. The van der Waals surface area contributed by atoms with Gasteiger partial charge in [-0.25, -0.2) is 8.42 Å². The van der Waals surface area contributed by atoms with Crippen LogP contribution >= 0.6 is 0 Å². The van der Waals surface area contributed by atoms with Gasteiger partial charge in [0.2, 0.25) is 0 Å². The number of hydrogen-bond donors (Lipinski definition) is 0. The molecule has 0 unspecified atom stereocenters. The van der Waals surface area contributed by atoms with Crippen molar-refractivity contribution >= 4 is 15.5 Å². The lowest BCUT2D eigenvalue weighted by Gasteiger charge is -2.02. The summed E-state index contributed by atoms with van der Waals surface area (Å²) in [7, 11) is -3.39. The molecule has 1 rings (SSSR count). The Morgan fingerprint density at radius 3 is 2.12 bits per heavy atom. The van der Waals surface area contributed by atoms with E-state index in [4.69, 9.17) is 0 Å². The van der Waals surface area contributed by atoms with Crippen molar-refractivity contribution in [3.05, 3.63) is 33.9 Å². The summed E-state index contributed by atoms with van der Waals surface area (Å²) in [6, 6.07) is 4.00. The normalized spacial score (nSPS) is 10.2. The Balaban J connectivity index is 0.00000106. The first-order chi connectivity index (χ1) is 7.34. The molecule has 0 aliphatic carbocycles. The smallest absolute Gasteiger partial charge is 0.258 e. The molecule has 0 spiro atoms. The summed E-state index contributed by atoms with van der Waals surface area (Å²) in [5.74, 6) is 0. The molecule has 0 fully saturated rings. The first-order valence-electron chi connectivity index (χ1n) is 4.78. The quantitative estimate of drug-likeness (QED) is 0.591. The van der Waals surface area contributed by atoms with Gasteiger partial charge in [-0.3, -0.25) is 10.1 Å². The molecule has 0 saturated carbocycles. The summed E-state index contributed by atoms with van der Waals surface area (Å²) in [6.45, 7) is 5.43. The minimum absolute atomic E-state index is 0.00620. The predicted octanol–water partition coefficient (Wildman–Crippen LogP) is 2.33. The number of hydrogen-bond acceptors (Lipinski definition) is 4. The van der Waals surface area contributed by atoms with Gasteiger partial charge in [-0.05, 0) is 13.0 Å². The van der Waals surface area contributed by atoms with Gasteiger partial charge in [-0.1, -0.05) is 19.9 Å². The molecule has 5 nitrogen and oxygen atoms in total. The molecule has 0 bridgehead atoms. The highest BCUT2D eigenvalue weighted by Gasteiger charge is 2.18. The first kappa shape index (κ1) is 14.6. The van der Waals surface area contributed by atoms with Gasteiger partial charge in [-0.2, -0.15) is 0 Å². The van der Waals surface area contributed by atoms with Gasteiger partial charge < -0.3 is 0 Å². The van der Waals surface area contributed by atoms with Gasteiger partial charge in [0, 0.05) is 17.9 Å². The molecule has 0 aliphatic heterocycles. The average molecular weight is 245 g/mol. The summed E-state index contributed by atoms with van der Waals surface area (Å²) in [5.41, 5.74) is 0.00734. The number of nitrogens with zero attached hydrogens (tertiary/aromatic N) is 1. The monoisotopic (exact) mass is 245 g/mol. The molecule has 1 aromatic rings. The third-order valence-corrected chi connectivity index (χ3v) is 3.09. The van der Waals surface area contributed by atoms with Gasteiger partial charge >= 0.3 is 0 Å². The lowest BCUT2D eigenvalue weighted by Crippen LogP contribution is -2.02. The van der Waals surface area contributed by atoms with E-state index in [0.29, 0.717) is 0 Å². The van der Waals surface area contributed by atoms with Crippen molar-refractivity contribution in [3.63, 3.8) is 0 Å². The van der Waals surface area contributed by atoms with E-state index in [9.17, 15) is 18.5 Å². The van der Waals surface area contributed by atoms with Crippen LogP contribution in [0.15, 0.2) is 23.1 Å². The largest absolute Gasteiger partial charge is 0.273 e. The van der Waals surface area contributed by atoms with E-state index in [1.807, 2.05) is 13.8 Å². The Morgan fingerprint density at radius 2 is 1.75 bits per heavy atom. The molecule has 0 radical (unpaired) electrons. The van der Waals surface area contributed by atoms with Gasteiger partial charge in [0.15, 0.2) is 9.84 Å². The van der Waals surface area contributed by atoms with Crippen molar-refractivity contribution < 1.29 is 13.3 Å². The Bertz CT molecular complexity index is 480. The number of nitro groups is 1. The second-order valence-corrected chi connectivity index (χ2v) is 4.91. The number of sulfone groups is 1. The Kier molecular flexibility index (Phi) is 5.10. The summed E-state index contributed by atoms with van der Waals surface area (Å²) in [4.78, 5) is 9.92. The van der Waals surface area contributed by atoms with Crippen molar-refractivity contribution in [2.24, 2.45) is 0 Å². The van der Waals surface area contributed by atoms with Crippen molar-refractivity contribution in [2.75, 3.05) is 6.26 Å². The first-order valence-corrected chi connectivity index (χ1v) is 6.67. The number of nitro benzene ring substituents is 1. The van der Waals surface area contributed by atoms with E-state index in [1.165, 1.54) is 25.1 Å². The molecule has 0 aliphatic rings. The average Bonchev–Trinajstić information content (AvgIpc) is 2.19. The topological polar surface area (TPSA) is 77.3 Å². The fourth-order valence-corrected chi connectivity index (χ4v) is 2.19. The second kappa shape index (κ2) is 5.60. The Hall–Kier alpha value is -1.43. The fraction of sp³-hybridized carbons (Fsp3) is 0.400. The van der Waals surface area contributed by atoms with Crippen LogP contribution in [0, 0.1) is 17.0 Å². The zero-order valence-corrected chi connectivity index (χ0v) is 10.5. The Morgan fingerprint density at radius 1 is 1.25 bits per heavy atom.